The molecule has 1 aliphatic rings. The summed E-state index contributed by atoms with van der Waals surface area (Å²) in [7, 11) is 0. The van der Waals surface area contributed by atoms with Crippen LogP contribution in [0.1, 0.15) is 18.6 Å². The molecular weight excluding hydrogens is 254 g/mol. The van der Waals surface area contributed by atoms with Crippen LogP contribution in [0.4, 0.5) is 0 Å². The molecule has 0 spiro atoms. The van der Waals surface area contributed by atoms with E-state index in [0.29, 0.717) is 18.5 Å². The molecule has 1 heterocycles. The molecule has 0 saturated heterocycles. The molecule has 3 rings (SSSR count). The van der Waals surface area contributed by atoms with E-state index in [2.05, 4.69) is 4.90 Å². The Morgan fingerprint density at radius 1 is 1.15 bits per heavy atom. The minimum absolute atomic E-state index is 0.185. The minimum Gasteiger partial charge on any atom is -0.429 e. The van der Waals surface area contributed by atoms with Crippen LogP contribution in [0, 0.1) is 0 Å². The molecular formula is C16H19NO3. The molecule has 0 atom stereocenters. The first-order valence-electron chi connectivity index (χ1n) is 7.01. The van der Waals surface area contributed by atoms with Gasteiger partial charge in [-0.3, -0.25) is 4.90 Å². The Balaban J connectivity index is 1.61. The zero-order valence-electron chi connectivity index (χ0n) is 11.4. The van der Waals surface area contributed by atoms with E-state index in [9.17, 15) is 0 Å². The molecule has 4 heteroatoms. The van der Waals surface area contributed by atoms with Crippen LogP contribution in [0.5, 0.6) is 11.7 Å². The fraction of sp³-hybridized carbons (Fsp3) is 0.375. The monoisotopic (exact) mass is 273 g/mol. The number of benzene rings is 1. The quantitative estimate of drug-likeness (QED) is 0.842. The number of aliphatic hydroxyl groups excluding tert-OH is 1. The van der Waals surface area contributed by atoms with Crippen LogP contribution in [-0.4, -0.2) is 29.2 Å². The molecule has 0 unspecified atom stereocenters. The SMILES string of the molecule is OCCN(Cc1ccc(Oc2ccccc2)o1)C1CC1. The topological polar surface area (TPSA) is 45.8 Å². The molecule has 1 fully saturated rings. The second kappa shape index (κ2) is 6.11. The molecule has 106 valence electrons. The van der Waals surface area contributed by atoms with Crippen molar-refractivity contribution in [3.8, 4) is 11.7 Å². The summed E-state index contributed by atoms with van der Waals surface area (Å²) in [5.74, 6) is 2.14. The van der Waals surface area contributed by atoms with E-state index in [-0.39, 0.29) is 6.61 Å². The van der Waals surface area contributed by atoms with Gasteiger partial charge in [0.05, 0.1) is 13.2 Å². The van der Waals surface area contributed by atoms with Gasteiger partial charge < -0.3 is 14.3 Å². The van der Waals surface area contributed by atoms with Crippen LogP contribution in [-0.2, 0) is 6.54 Å². The van der Waals surface area contributed by atoms with Crippen LogP contribution >= 0.6 is 0 Å². The second-order valence-corrected chi connectivity index (χ2v) is 5.06. The van der Waals surface area contributed by atoms with Gasteiger partial charge in [-0.25, -0.2) is 0 Å². The summed E-state index contributed by atoms with van der Waals surface area (Å²) < 4.78 is 11.3. The highest BCUT2D eigenvalue weighted by atomic mass is 16.6. The average Bonchev–Trinajstić information content (AvgIpc) is 3.22. The van der Waals surface area contributed by atoms with Crippen molar-refractivity contribution < 1.29 is 14.3 Å². The lowest BCUT2D eigenvalue weighted by Crippen LogP contribution is -2.28. The van der Waals surface area contributed by atoms with Crippen molar-refractivity contribution in [3.05, 3.63) is 48.2 Å². The Morgan fingerprint density at radius 3 is 2.65 bits per heavy atom. The fourth-order valence-electron chi connectivity index (χ4n) is 2.26. The Bertz CT molecular complexity index is 534. The number of para-hydroxylation sites is 1. The molecule has 4 nitrogen and oxygen atoms in total. The molecule has 0 aliphatic heterocycles. The first-order valence-corrected chi connectivity index (χ1v) is 7.01. The molecule has 2 aromatic rings. The van der Waals surface area contributed by atoms with Crippen molar-refractivity contribution >= 4 is 0 Å². The fourth-order valence-corrected chi connectivity index (χ4v) is 2.26. The summed E-state index contributed by atoms with van der Waals surface area (Å²) >= 11 is 0. The number of furan rings is 1. The molecule has 0 amide bonds. The molecule has 1 aromatic carbocycles. The van der Waals surface area contributed by atoms with Gasteiger partial charge in [0.25, 0.3) is 5.95 Å². The van der Waals surface area contributed by atoms with Gasteiger partial charge in [-0.15, -0.1) is 0 Å². The highest BCUT2D eigenvalue weighted by molar-refractivity contribution is 5.26. The zero-order valence-corrected chi connectivity index (χ0v) is 11.4. The summed E-state index contributed by atoms with van der Waals surface area (Å²) in [5.41, 5.74) is 0. The number of ether oxygens (including phenoxy) is 1. The average molecular weight is 273 g/mol. The Morgan fingerprint density at radius 2 is 1.95 bits per heavy atom. The first kappa shape index (κ1) is 13.2. The number of nitrogens with zero attached hydrogens (tertiary/aromatic N) is 1. The molecule has 1 aromatic heterocycles. The van der Waals surface area contributed by atoms with Gasteiger partial charge in [-0.2, -0.15) is 0 Å². The summed E-state index contributed by atoms with van der Waals surface area (Å²) in [6.45, 7) is 1.61. The Labute approximate surface area is 118 Å². The number of hydrogen-bond acceptors (Lipinski definition) is 4. The summed E-state index contributed by atoms with van der Waals surface area (Å²) in [5, 5.41) is 9.09. The molecule has 1 N–H and O–H groups in total. The van der Waals surface area contributed by atoms with E-state index < -0.39 is 0 Å². The minimum atomic E-state index is 0.185. The summed E-state index contributed by atoms with van der Waals surface area (Å²) in [6.07, 6.45) is 2.43. The van der Waals surface area contributed by atoms with Gasteiger partial charge in [0, 0.05) is 18.7 Å². The van der Waals surface area contributed by atoms with Crippen molar-refractivity contribution in [2.75, 3.05) is 13.2 Å². The number of aliphatic hydroxyl groups is 1. The maximum atomic E-state index is 9.09. The Hall–Kier alpha value is -1.78. The lowest BCUT2D eigenvalue weighted by Gasteiger charge is -2.18. The maximum absolute atomic E-state index is 9.09. The van der Waals surface area contributed by atoms with Crippen molar-refractivity contribution in [2.45, 2.75) is 25.4 Å². The third-order valence-corrected chi connectivity index (χ3v) is 3.41. The van der Waals surface area contributed by atoms with Crippen LogP contribution in [0.15, 0.2) is 46.9 Å². The second-order valence-electron chi connectivity index (χ2n) is 5.06. The lowest BCUT2D eigenvalue weighted by molar-refractivity contribution is 0.171. The van der Waals surface area contributed by atoms with E-state index in [4.69, 9.17) is 14.3 Å². The molecule has 1 aliphatic carbocycles. The van der Waals surface area contributed by atoms with E-state index in [1.807, 2.05) is 42.5 Å². The number of hydrogen-bond donors (Lipinski definition) is 1. The standard InChI is InChI=1S/C16H19NO3/c18-11-10-17(13-6-7-13)12-15-8-9-16(20-15)19-14-4-2-1-3-5-14/h1-5,8-9,13,18H,6-7,10-12H2. The smallest absolute Gasteiger partial charge is 0.290 e. The number of rotatable bonds is 7. The third kappa shape index (κ3) is 3.40. The van der Waals surface area contributed by atoms with Crippen LogP contribution in [0.3, 0.4) is 0 Å². The van der Waals surface area contributed by atoms with Crippen LogP contribution < -0.4 is 4.74 Å². The van der Waals surface area contributed by atoms with Crippen molar-refractivity contribution in [3.63, 3.8) is 0 Å². The molecule has 0 radical (unpaired) electrons. The van der Waals surface area contributed by atoms with Crippen molar-refractivity contribution in [2.24, 2.45) is 0 Å². The van der Waals surface area contributed by atoms with Crippen molar-refractivity contribution in [1.82, 2.24) is 4.90 Å². The highest BCUT2D eigenvalue weighted by Gasteiger charge is 2.29. The van der Waals surface area contributed by atoms with Gasteiger partial charge in [0.15, 0.2) is 0 Å². The first-order chi connectivity index (χ1) is 9.85. The maximum Gasteiger partial charge on any atom is 0.290 e. The Kier molecular flexibility index (Phi) is 4.04. The van der Waals surface area contributed by atoms with E-state index in [1.54, 1.807) is 0 Å². The summed E-state index contributed by atoms with van der Waals surface area (Å²) in [6, 6.07) is 14.0. The van der Waals surface area contributed by atoms with Crippen LogP contribution in [0.2, 0.25) is 0 Å². The molecule has 1 saturated carbocycles. The van der Waals surface area contributed by atoms with Gasteiger partial charge in [-0.05, 0) is 31.0 Å². The van der Waals surface area contributed by atoms with E-state index >= 15 is 0 Å². The van der Waals surface area contributed by atoms with E-state index in [0.717, 1.165) is 18.1 Å². The van der Waals surface area contributed by atoms with Gasteiger partial charge >= 0.3 is 0 Å². The third-order valence-electron chi connectivity index (χ3n) is 3.41. The van der Waals surface area contributed by atoms with Gasteiger partial charge in [-0.1, -0.05) is 18.2 Å². The predicted octanol–water partition coefficient (Wildman–Crippen LogP) is 3.03. The largest absolute Gasteiger partial charge is 0.429 e. The zero-order chi connectivity index (χ0) is 13.8. The van der Waals surface area contributed by atoms with E-state index in [1.165, 1.54) is 12.8 Å². The normalized spacial score (nSPS) is 14.7. The molecule has 20 heavy (non-hydrogen) atoms. The van der Waals surface area contributed by atoms with Crippen LogP contribution in [0.25, 0.3) is 0 Å². The van der Waals surface area contributed by atoms with Gasteiger partial charge in [0.1, 0.15) is 11.5 Å². The predicted molar refractivity (Wildman–Crippen MR) is 75.7 cm³/mol. The van der Waals surface area contributed by atoms with Gasteiger partial charge in [0.2, 0.25) is 0 Å². The van der Waals surface area contributed by atoms with Crippen molar-refractivity contribution in [1.29, 1.82) is 0 Å². The highest BCUT2D eigenvalue weighted by Crippen LogP contribution is 2.29. The molecule has 0 bridgehead atoms. The lowest BCUT2D eigenvalue weighted by atomic mass is 10.3. The summed E-state index contributed by atoms with van der Waals surface area (Å²) in [4.78, 5) is 2.26.